The second kappa shape index (κ2) is 5.67. The van der Waals surface area contributed by atoms with Gasteiger partial charge in [0.05, 0.1) is 6.20 Å². The van der Waals surface area contributed by atoms with Crippen LogP contribution in [0.4, 0.5) is 4.79 Å². The lowest BCUT2D eigenvalue weighted by atomic mass is 10.1. The molecule has 0 amide bonds. The van der Waals surface area contributed by atoms with Crippen molar-refractivity contribution in [3.05, 3.63) is 52.8 Å². The molecule has 0 spiro atoms. The van der Waals surface area contributed by atoms with E-state index >= 15 is 0 Å². The summed E-state index contributed by atoms with van der Waals surface area (Å²) in [6.07, 6.45) is 3.53. The Morgan fingerprint density at radius 2 is 2.10 bits per heavy atom. The van der Waals surface area contributed by atoms with E-state index in [1.165, 1.54) is 4.68 Å². The number of carbonyl (C=O) groups excluding carboxylic acids is 1. The van der Waals surface area contributed by atoms with Gasteiger partial charge in [0.25, 0.3) is 0 Å². The van der Waals surface area contributed by atoms with Crippen LogP contribution in [-0.2, 0) is 11.2 Å². The van der Waals surface area contributed by atoms with Crippen molar-refractivity contribution in [2.45, 2.75) is 32.8 Å². The van der Waals surface area contributed by atoms with Crippen LogP contribution >= 0.6 is 11.6 Å². The van der Waals surface area contributed by atoms with Crippen molar-refractivity contribution in [3.8, 4) is 0 Å². The highest BCUT2D eigenvalue weighted by atomic mass is 35.5. The molecule has 0 bridgehead atoms. The first-order chi connectivity index (χ1) is 9.33. The van der Waals surface area contributed by atoms with Crippen LogP contribution in [0.3, 0.4) is 0 Å². The number of rotatable bonds is 2. The predicted octanol–water partition coefficient (Wildman–Crippen LogP) is 3.91. The molecule has 1 aromatic carbocycles. The van der Waals surface area contributed by atoms with Crippen molar-refractivity contribution in [2.24, 2.45) is 0 Å². The van der Waals surface area contributed by atoms with E-state index < -0.39 is 11.7 Å². The van der Waals surface area contributed by atoms with Gasteiger partial charge in [0.15, 0.2) is 0 Å². The maximum absolute atomic E-state index is 11.8. The van der Waals surface area contributed by atoms with Gasteiger partial charge < -0.3 is 4.74 Å². The SMILES string of the molecule is CC(C)(C)OC(=O)n1cc(Cc2cccc(Cl)c2)cn1. The van der Waals surface area contributed by atoms with Crippen LogP contribution < -0.4 is 0 Å². The molecule has 0 radical (unpaired) electrons. The number of nitrogens with zero attached hydrogens (tertiary/aromatic N) is 2. The lowest BCUT2D eigenvalue weighted by Crippen LogP contribution is -2.27. The first-order valence-electron chi connectivity index (χ1n) is 6.35. The molecular weight excluding hydrogens is 276 g/mol. The maximum atomic E-state index is 11.8. The van der Waals surface area contributed by atoms with Gasteiger partial charge in [-0.25, -0.2) is 4.79 Å². The molecule has 0 saturated carbocycles. The van der Waals surface area contributed by atoms with E-state index in [0.29, 0.717) is 11.4 Å². The Labute approximate surface area is 123 Å². The van der Waals surface area contributed by atoms with Crippen LogP contribution in [0.25, 0.3) is 0 Å². The summed E-state index contributed by atoms with van der Waals surface area (Å²) in [6, 6.07) is 7.61. The Bertz CT molecular complexity index is 614. The third kappa shape index (κ3) is 4.10. The molecule has 5 heteroatoms. The molecule has 0 aliphatic heterocycles. The quantitative estimate of drug-likeness (QED) is 0.843. The number of halogens is 1. The van der Waals surface area contributed by atoms with E-state index in [0.717, 1.165) is 11.1 Å². The minimum absolute atomic E-state index is 0.477. The molecule has 20 heavy (non-hydrogen) atoms. The van der Waals surface area contributed by atoms with E-state index in [4.69, 9.17) is 16.3 Å². The molecule has 2 rings (SSSR count). The molecule has 0 N–H and O–H groups in total. The summed E-state index contributed by atoms with van der Waals surface area (Å²) in [6.45, 7) is 5.46. The Morgan fingerprint density at radius 1 is 1.35 bits per heavy atom. The second-order valence-corrected chi connectivity index (χ2v) is 6.02. The van der Waals surface area contributed by atoms with Crippen molar-refractivity contribution in [1.29, 1.82) is 0 Å². The molecule has 1 heterocycles. The number of carbonyl (C=O) groups is 1. The highest BCUT2D eigenvalue weighted by Gasteiger charge is 2.18. The first kappa shape index (κ1) is 14.6. The minimum Gasteiger partial charge on any atom is -0.442 e. The Morgan fingerprint density at radius 3 is 2.75 bits per heavy atom. The lowest BCUT2D eigenvalue weighted by Gasteiger charge is -2.18. The van der Waals surface area contributed by atoms with Gasteiger partial charge in [-0.2, -0.15) is 9.78 Å². The molecule has 2 aromatic rings. The molecular formula is C15H17ClN2O2. The van der Waals surface area contributed by atoms with Crippen LogP contribution in [0.2, 0.25) is 5.02 Å². The topological polar surface area (TPSA) is 44.1 Å². The Balaban J connectivity index is 2.07. The standard InChI is InChI=1S/C15H17ClN2O2/c1-15(2,3)20-14(19)18-10-12(9-17-18)7-11-5-4-6-13(16)8-11/h4-6,8-10H,7H2,1-3H3. The zero-order valence-electron chi connectivity index (χ0n) is 11.8. The summed E-state index contributed by atoms with van der Waals surface area (Å²) in [5.41, 5.74) is 1.47. The molecule has 106 valence electrons. The van der Waals surface area contributed by atoms with Gasteiger partial charge in [0.2, 0.25) is 0 Å². The van der Waals surface area contributed by atoms with Crippen LogP contribution in [0.5, 0.6) is 0 Å². The van der Waals surface area contributed by atoms with Gasteiger partial charge in [0, 0.05) is 17.6 Å². The fourth-order valence-electron chi connectivity index (χ4n) is 1.74. The third-order valence-electron chi connectivity index (χ3n) is 2.51. The third-order valence-corrected chi connectivity index (χ3v) is 2.75. The zero-order chi connectivity index (χ0) is 14.8. The van der Waals surface area contributed by atoms with Crippen LogP contribution in [0, 0.1) is 0 Å². The first-order valence-corrected chi connectivity index (χ1v) is 6.73. The van der Waals surface area contributed by atoms with Gasteiger partial charge in [-0.1, -0.05) is 23.7 Å². The smallest absolute Gasteiger partial charge is 0.435 e. The van der Waals surface area contributed by atoms with Crippen molar-refractivity contribution in [2.75, 3.05) is 0 Å². The molecule has 0 unspecified atom stereocenters. The summed E-state index contributed by atoms with van der Waals surface area (Å²) in [4.78, 5) is 11.8. The average Bonchev–Trinajstić information content (AvgIpc) is 2.75. The summed E-state index contributed by atoms with van der Waals surface area (Å²) in [7, 11) is 0. The molecule has 1 aromatic heterocycles. The fourth-order valence-corrected chi connectivity index (χ4v) is 1.96. The van der Waals surface area contributed by atoms with Crippen LogP contribution in [-0.4, -0.2) is 21.5 Å². The molecule has 0 saturated heterocycles. The number of hydrogen-bond acceptors (Lipinski definition) is 3. The zero-order valence-corrected chi connectivity index (χ0v) is 12.5. The molecule has 0 aliphatic rings. The van der Waals surface area contributed by atoms with Crippen molar-refractivity contribution in [1.82, 2.24) is 9.78 Å². The minimum atomic E-state index is -0.532. The summed E-state index contributed by atoms with van der Waals surface area (Å²) in [5, 5.41) is 4.72. The molecule has 0 fully saturated rings. The van der Waals surface area contributed by atoms with Crippen molar-refractivity contribution >= 4 is 17.7 Å². The van der Waals surface area contributed by atoms with E-state index in [1.54, 1.807) is 12.4 Å². The van der Waals surface area contributed by atoms with Gasteiger partial charge in [-0.15, -0.1) is 0 Å². The summed E-state index contributed by atoms with van der Waals surface area (Å²) < 4.78 is 6.46. The van der Waals surface area contributed by atoms with Crippen molar-refractivity contribution < 1.29 is 9.53 Å². The number of benzene rings is 1. The maximum Gasteiger partial charge on any atom is 0.435 e. The lowest BCUT2D eigenvalue weighted by molar-refractivity contribution is 0.0514. The Kier molecular flexibility index (Phi) is 4.14. The highest BCUT2D eigenvalue weighted by Crippen LogP contribution is 2.15. The fraction of sp³-hybridized carbons (Fsp3) is 0.333. The summed E-state index contributed by atoms with van der Waals surface area (Å²) in [5.74, 6) is 0. The molecule has 0 atom stereocenters. The van der Waals surface area contributed by atoms with E-state index in [2.05, 4.69) is 5.10 Å². The average molecular weight is 293 g/mol. The monoisotopic (exact) mass is 292 g/mol. The number of aromatic nitrogens is 2. The van der Waals surface area contributed by atoms with Gasteiger partial charge >= 0.3 is 6.09 Å². The predicted molar refractivity (Wildman–Crippen MR) is 78.1 cm³/mol. The van der Waals surface area contributed by atoms with Crippen LogP contribution in [0.1, 0.15) is 31.9 Å². The van der Waals surface area contributed by atoms with Gasteiger partial charge in [-0.3, -0.25) is 0 Å². The van der Waals surface area contributed by atoms with E-state index in [9.17, 15) is 4.79 Å². The highest BCUT2D eigenvalue weighted by molar-refractivity contribution is 6.30. The number of hydrogen-bond donors (Lipinski definition) is 0. The van der Waals surface area contributed by atoms with Gasteiger partial charge in [-0.05, 0) is 44.0 Å². The normalized spacial score (nSPS) is 11.4. The largest absolute Gasteiger partial charge is 0.442 e. The summed E-state index contributed by atoms with van der Waals surface area (Å²) >= 11 is 5.94. The van der Waals surface area contributed by atoms with Crippen molar-refractivity contribution in [3.63, 3.8) is 0 Å². The number of ether oxygens (including phenoxy) is 1. The molecule has 0 aliphatic carbocycles. The van der Waals surface area contributed by atoms with Crippen LogP contribution in [0.15, 0.2) is 36.7 Å². The molecule has 4 nitrogen and oxygen atoms in total. The van der Waals surface area contributed by atoms with E-state index in [1.807, 2.05) is 45.0 Å². The second-order valence-electron chi connectivity index (χ2n) is 5.58. The van der Waals surface area contributed by atoms with Gasteiger partial charge in [0.1, 0.15) is 5.60 Å². The van der Waals surface area contributed by atoms with E-state index in [-0.39, 0.29) is 0 Å². The Hall–Kier alpha value is -1.81.